The lowest BCUT2D eigenvalue weighted by Gasteiger charge is -2.19. The Hall–Kier alpha value is -3.56. The van der Waals surface area contributed by atoms with Crippen LogP contribution in [0.3, 0.4) is 0 Å². The molecule has 1 heterocycles. The van der Waals surface area contributed by atoms with Gasteiger partial charge >= 0.3 is 5.97 Å². The lowest BCUT2D eigenvalue weighted by molar-refractivity contribution is 0.00662. The lowest BCUT2D eigenvalue weighted by atomic mass is 9.86. The fraction of sp³-hybridized carbons (Fsp3) is 0.269. The first-order valence-corrected chi connectivity index (χ1v) is 10.8. The summed E-state index contributed by atoms with van der Waals surface area (Å²) in [6, 6.07) is 18.5. The number of allylic oxidation sites excluding steroid dienone is 1. The third-order valence-electron chi connectivity index (χ3n) is 5.15. The maximum atomic E-state index is 12.3. The number of hydrogen-bond donors (Lipinski definition) is 0. The van der Waals surface area contributed by atoms with Crippen LogP contribution in [0.2, 0.25) is 5.02 Å². The third kappa shape index (κ3) is 5.44. The molecule has 7 heteroatoms. The van der Waals surface area contributed by atoms with Crippen LogP contribution in [0.15, 0.2) is 54.6 Å². The smallest absolute Gasteiger partial charge is 0.340 e. The van der Waals surface area contributed by atoms with Gasteiger partial charge in [0.25, 0.3) is 0 Å². The maximum absolute atomic E-state index is 12.3. The number of ether oxygens (including phenoxy) is 2. The number of aromatic nitrogens is 2. The van der Waals surface area contributed by atoms with Crippen LogP contribution in [0.5, 0.6) is 0 Å². The number of esters is 1. The molecule has 0 saturated carbocycles. The molecule has 33 heavy (non-hydrogen) atoms. The first-order valence-electron chi connectivity index (χ1n) is 10.4. The van der Waals surface area contributed by atoms with Crippen molar-refractivity contribution in [1.29, 1.82) is 5.26 Å². The summed E-state index contributed by atoms with van der Waals surface area (Å²) in [4.78, 5) is 12.3. The van der Waals surface area contributed by atoms with Crippen LogP contribution in [0.25, 0.3) is 11.3 Å². The van der Waals surface area contributed by atoms with Crippen molar-refractivity contribution >= 4 is 28.9 Å². The molecule has 0 atom stereocenters. The molecule has 0 aliphatic carbocycles. The topological polar surface area (TPSA) is 77.1 Å². The van der Waals surface area contributed by atoms with Crippen molar-refractivity contribution in [3.05, 3.63) is 87.7 Å². The Balaban J connectivity index is 1.99. The molecule has 3 aromatic rings. The molecule has 0 radical (unpaired) electrons. The van der Waals surface area contributed by atoms with Crippen LogP contribution in [-0.2, 0) is 21.9 Å². The van der Waals surface area contributed by atoms with Crippen LogP contribution in [-0.4, -0.2) is 22.5 Å². The molecule has 0 bridgehead atoms. The number of hydrogen-bond acceptors (Lipinski definition) is 5. The van der Waals surface area contributed by atoms with Gasteiger partial charge in [-0.3, -0.25) is 4.68 Å². The highest BCUT2D eigenvalue weighted by Gasteiger charge is 2.23. The van der Waals surface area contributed by atoms with Gasteiger partial charge < -0.3 is 9.47 Å². The van der Waals surface area contributed by atoms with E-state index in [9.17, 15) is 10.1 Å². The second-order valence-corrected chi connectivity index (χ2v) is 8.95. The minimum Gasteiger partial charge on any atom is -0.454 e. The quantitative estimate of drug-likeness (QED) is 0.197. The normalized spacial score (nSPS) is 12.0. The second-order valence-electron chi connectivity index (χ2n) is 8.57. The Morgan fingerprint density at radius 2 is 1.70 bits per heavy atom. The summed E-state index contributed by atoms with van der Waals surface area (Å²) in [6.45, 7) is 7.74. The largest absolute Gasteiger partial charge is 0.454 e. The summed E-state index contributed by atoms with van der Waals surface area (Å²) in [7, 11) is 1.71. The molecule has 170 valence electrons. The molecule has 0 unspecified atom stereocenters. The number of carbonyl (C=O) groups excluding carboxylic acids is 1. The predicted molar refractivity (Wildman–Crippen MR) is 128 cm³/mol. The third-order valence-corrected chi connectivity index (χ3v) is 5.60. The Bertz CT molecular complexity index is 1210. The number of nitrogens with zero attached hydrogens (tertiary/aromatic N) is 3. The van der Waals surface area contributed by atoms with Crippen molar-refractivity contribution in [3.63, 3.8) is 0 Å². The van der Waals surface area contributed by atoms with E-state index >= 15 is 0 Å². The van der Waals surface area contributed by atoms with Gasteiger partial charge in [0.15, 0.2) is 5.76 Å². The highest BCUT2D eigenvalue weighted by atomic mass is 35.5. The van der Waals surface area contributed by atoms with E-state index in [1.54, 1.807) is 42.9 Å². The number of nitriles is 1. The average Bonchev–Trinajstić information content (AvgIpc) is 3.04. The predicted octanol–water partition coefficient (Wildman–Crippen LogP) is 5.90. The molecule has 6 nitrogen and oxygen atoms in total. The molecule has 2 aromatic carbocycles. The molecule has 0 fully saturated rings. The highest BCUT2D eigenvalue weighted by molar-refractivity contribution is 6.33. The number of halogens is 1. The van der Waals surface area contributed by atoms with Crippen LogP contribution >= 0.6 is 11.6 Å². The van der Waals surface area contributed by atoms with Gasteiger partial charge in [-0.2, -0.15) is 10.4 Å². The second kappa shape index (κ2) is 9.93. The summed E-state index contributed by atoms with van der Waals surface area (Å²) in [6.07, 6.45) is 0. The lowest BCUT2D eigenvalue weighted by Crippen LogP contribution is -2.11. The first kappa shape index (κ1) is 24.1. The van der Waals surface area contributed by atoms with E-state index in [-0.39, 0.29) is 16.7 Å². The van der Waals surface area contributed by atoms with Crippen molar-refractivity contribution in [2.45, 2.75) is 33.1 Å². The van der Waals surface area contributed by atoms with Crippen LogP contribution in [0, 0.1) is 18.3 Å². The van der Waals surface area contributed by atoms with Gasteiger partial charge in [0.05, 0.1) is 16.3 Å². The van der Waals surface area contributed by atoms with Crippen LogP contribution < -0.4 is 0 Å². The van der Waals surface area contributed by atoms with E-state index in [0.717, 1.165) is 5.56 Å². The molecule has 0 aliphatic rings. The SMILES string of the molecule is Cc1nn(C)c(/C(OCOC(=O)c2ccccc2)=C(\C#N)c2ccc(C(C)(C)C)cc2)c1Cl. The average molecular weight is 464 g/mol. The van der Waals surface area contributed by atoms with Gasteiger partial charge in [0.2, 0.25) is 6.79 Å². The van der Waals surface area contributed by atoms with E-state index in [1.807, 2.05) is 30.3 Å². The molecule has 0 amide bonds. The standard InChI is InChI=1S/C26H26ClN3O3/c1-17-22(27)23(30(5)29-17)24(32-16-33-25(31)19-9-7-6-8-10-19)21(15-28)18-11-13-20(14-12-18)26(2,3)4/h6-14H,16H2,1-5H3/b24-21-. The zero-order valence-electron chi connectivity index (χ0n) is 19.3. The van der Waals surface area contributed by atoms with Gasteiger partial charge in [-0.25, -0.2) is 4.79 Å². The zero-order chi connectivity index (χ0) is 24.2. The van der Waals surface area contributed by atoms with E-state index < -0.39 is 12.8 Å². The van der Waals surface area contributed by atoms with Crippen molar-refractivity contribution < 1.29 is 14.3 Å². The Labute approximate surface area is 199 Å². The number of rotatable bonds is 6. The molecular formula is C26H26ClN3O3. The van der Waals surface area contributed by atoms with Crippen LogP contribution in [0.4, 0.5) is 0 Å². The fourth-order valence-electron chi connectivity index (χ4n) is 3.32. The molecule has 0 N–H and O–H groups in total. The van der Waals surface area contributed by atoms with E-state index in [1.165, 1.54) is 0 Å². The van der Waals surface area contributed by atoms with Crippen molar-refractivity contribution in [1.82, 2.24) is 9.78 Å². The molecule has 3 rings (SSSR count). The van der Waals surface area contributed by atoms with Crippen molar-refractivity contribution in [3.8, 4) is 6.07 Å². The van der Waals surface area contributed by atoms with Crippen molar-refractivity contribution in [2.24, 2.45) is 7.05 Å². The van der Waals surface area contributed by atoms with Gasteiger partial charge in [-0.1, -0.05) is 74.8 Å². The summed E-state index contributed by atoms with van der Waals surface area (Å²) in [5, 5.41) is 14.7. The summed E-state index contributed by atoms with van der Waals surface area (Å²) in [5.74, 6) is -0.342. The maximum Gasteiger partial charge on any atom is 0.340 e. The Kier molecular flexibility index (Phi) is 7.25. The highest BCUT2D eigenvalue weighted by Crippen LogP contribution is 2.34. The van der Waals surface area contributed by atoms with Crippen LogP contribution in [0.1, 0.15) is 53.6 Å². The van der Waals surface area contributed by atoms with Gasteiger partial charge in [0.1, 0.15) is 17.3 Å². The number of carbonyl (C=O) groups is 1. The summed E-state index contributed by atoms with van der Waals surface area (Å²) < 4.78 is 12.7. The Morgan fingerprint density at radius 1 is 1.06 bits per heavy atom. The number of benzene rings is 2. The number of aryl methyl sites for hydroxylation is 2. The van der Waals surface area contributed by atoms with E-state index in [0.29, 0.717) is 27.5 Å². The van der Waals surface area contributed by atoms with Gasteiger partial charge in [0, 0.05) is 7.05 Å². The Morgan fingerprint density at radius 3 is 2.21 bits per heavy atom. The molecule has 0 spiro atoms. The summed E-state index contributed by atoms with van der Waals surface area (Å²) in [5.41, 5.74) is 3.46. The molecular weight excluding hydrogens is 438 g/mol. The van der Waals surface area contributed by atoms with E-state index in [4.69, 9.17) is 21.1 Å². The minimum atomic E-state index is -0.532. The molecule has 0 aliphatic heterocycles. The fourth-order valence-corrected chi connectivity index (χ4v) is 3.57. The first-order chi connectivity index (χ1) is 15.6. The van der Waals surface area contributed by atoms with Gasteiger partial charge in [-0.15, -0.1) is 0 Å². The molecule has 0 saturated heterocycles. The van der Waals surface area contributed by atoms with Gasteiger partial charge in [-0.05, 0) is 35.6 Å². The zero-order valence-corrected chi connectivity index (χ0v) is 20.1. The molecule has 1 aromatic heterocycles. The van der Waals surface area contributed by atoms with Crippen molar-refractivity contribution in [2.75, 3.05) is 6.79 Å². The minimum absolute atomic E-state index is 0.0253. The van der Waals surface area contributed by atoms with E-state index in [2.05, 4.69) is 31.9 Å². The monoisotopic (exact) mass is 463 g/mol. The summed E-state index contributed by atoms with van der Waals surface area (Å²) >= 11 is 6.51.